The molecule has 1 aromatic rings. The van der Waals surface area contributed by atoms with Crippen molar-refractivity contribution in [3.8, 4) is 0 Å². The number of hydrogen-bond donors (Lipinski definition) is 0. The molecule has 0 aromatic heterocycles. The van der Waals surface area contributed by atoms with Crippen molar-refractivity contribution in [3.05, 3.63) is 38.9 Å². The second kappa shape index (κ2) is 4.57. The molecular formula is C8H7ClN2O3. The molecule has 1 aromatic carbocycles. The van der Waals surface area contributed by atoms with Crippen LogP contribution in [-0.4, -0.2) is 18.2 Å². The van der Waals surface area contributed by atoms with Gasteiger partial charge >= 0.3 is 0 Å². The van der Waals surface area contributed by atoms with Crippen LogP contribution in [0.1, 0.15) is 5.56 Å². The molecule has 0 atom stereocenters. The molecule has 0 bridgehead atoms. The van der Waals surface area contributed by atoms with Gasteiger partial charge in [0.05, 0.1) is 11.1 Å². The van der Waals surface area contributed by atoms with Crippen molar-refractivity contribution in [1.29, 1.82) is 0 Å². The van der Waals surface area contributed by atoms with Gasteiger partial charge < -0.3 is 4.84 Å². The van der Waals surface area contributed by atoms with Gasteiger partial charge in [-0.15, -0.1) is 0 Å². The van der Waals surface area contributed by atoms with E-state index in [-0.39, 0.29) is 10.7 Å². The van der Waals surface area contributed by atoms with E-state index in [1.807, 2.05) is 0 Å². The summed E-state index contributed by atoms with van der Waals surface area (Å²) in [6, 6.07) is 4.37. The van der Waals surface area contributed by atoms with Crippen molar-refractivity contribution in [2.75, 3.05) is 7.11 Å². The maximum atomic E-state index is 10.5. The molecule has 0 aliphatic carbocycles. The molecule has 1 rings (SSSR count). The zero-order chi connectivity index (χ0) is 10.6. The molecule has 5 nitrogen and oxygen atoms in total. The molecule has 0 saturated heterocycles. The van der Waals surface area contributed by atoms with E-state index in [1.54, 1.807) is 6.07 Å². The topological polar surface area (TPSA) is 64.7 Å². The molecule has 0 aliphatic rings. The first-order chi connectivity index (χ1) is 6.65. The summed E-state index contributed by atoms with van der Waals surface area (Å²) < 4.78 is 0. The van der Waals surface area contributed by atoms with Gasteiger partial charge in [-0.1, -0.05) is 22.8 Å². The predicted octanol–water partition coefficient (Wildman–Crippen LogP) is 2.23. The summed E-state index contributed by atoms with van der Waals surface area (Å²) in [5.41, 5.74) is 0.412. The zero-order valence-electron chi connectivity index (χ0n) is 7.31. The standard InChI is InChI=1S/C8H7ClN2O3/c1-14-10-5-6-2-3-7(9)8(4-6)11(12)13/h2-5H,1H3/b10-5-. The first-order valence-corrected chi connectivity index (χ1v) is 4.03. The van der Waals surface area contributed by atoms with Crippen molar-refractivity contribution in [3.63, 3.8) is 0 Å². The lowest BCUT2D eigenvalue weighted by Crippen LogP contribution is -1.91. The Labute approximate surface area is 85.1 Å². The van der Waals surface area contributed by atoms with Gasteiger partial charge in [-0.2, -0.15) is 0 Å². The smallest absolute Gasteiger partial charge is 0.288 e. The molecule has 0 amide bonds. The first kappa shape index (κ1) is 10.5. The van der Waals surface area contributed by atoms with Crippen molar-refractivity contribution in [2.24, 2.45) is 5.16 Å². The Morgan fingerprint density at radius 2 is 2.36 bits per heavy atom. The van der Waals surface area contributed by atoms with Crippen LogP contribution < -0.4 is 0 Å². The number of oxime groups is 1. The van der Waals surface area contributed by atoms with Gasteiger partial charge in [0, 0.05) is 11.6 Å². The van der Waals surface area contributed by atoms with Gasteiger partial charge in [-0.05, 0) is 6.07 Å². The summed E-state index contributed by atoms with van der Waals surface area (Å²) in [4.78, 5) is 14.4. The van der Waals surface area contributed by atoms with Crippen LogP contribution in [0, 0.1) is 10.1 Å². The highest BCUT2D eigenvalue weighted by Gasteiger charge is 2.11. The van der Waals surface area contributed by atoms with Gasteiger partial charge in [0.2, 0.25) is 0 Å². The van der Waals surface area contributed by atoms with Crippen LogP contribution in [0.2, 0.25) is 5.02 Å². The van der Waals surface area contributed by atoms with E-state index in [0.717, 1.165) is 0 Å². The fourth-order valence-corrected chi connectivity index (χ4v) is 1.05. The molecule has 0 aliphatic heterocycles. The van der Waals surface area contributed by atoms with Crippen LogP contribution in [0.4, 0.5) is 5.69 Å². The number of rotatable bonds is 3. The van der Waals surface area contributed by atoms with E-state index in [4.69, 9.17) is 11.6 Å². The van der Waals surface area contributed by atoms with Gasteiger partial charge in [0.15, 0.2) is 0 Å². The van der Waals surface area contributed by atoms with Crippen molar-refractivity contribution >= 4 is 23.5 Å². The third kappa shape index (κ3) is 2.43. The fraction of sp³-hybridized carbons (Fsp3) is 0.125. The maximum absolute atomic E-state index is 10.5. The quantitative estimate of drug-likeness (QED) is 0.440. The highest BCUT2D eigenvalue weighted by atomic mass is 35.5. The minimum Gasteiger partial charge on any atom is -0.399 e. The average Bonchev–Trinajstić information content (AvgIpc) is 2.16. The maximum Gasteiger partial charge on any atom is 0.288 e. The van der Waals surface area contributed by atoms with E-state index in [2.05, 4.69) is 9.99 Å². The summed E-state index contributed by atoms with van der Waals surface area (Å²) in [7, 11) is 1.39. The van der Waals surface area contributed by atoms with Crippen molar-refractivity contribution in [2.45, 2.75) is 0 Å². The van der Waals surface area contributed by atoms with E-state index in [9.17, 15) is 10.1 Å². The Balaban J connectivity index is 3.06. The third-order valence-electron chi connectivity index (χ3n) is 1.47. The molecule has 14 heavy (non-hydrogen) atoms. The summed E-state index contributed by atoms with van der Waals surface area (Å²) in [6.45, 7) is 0. The molecule has 0 saturated carbocycles. The summed E-state index contributed by atoms with van der Waals surface area (Å²) in [5, 5.41) is 14.1. The number of nitro groups is 1. The lowest BCUT2D eigenvalue weighted by atomic mass is 10.2. The molecule has 0 N–H and O–H groups in total. The Morgan fingerprint density at radius 3 is 2.93 bits per heavy atom. The van der Waals surface area contributed by atoms with Gasteiger partial charge in [-0.25, -0.2) is 0 Å². The number of hydrogen-bond acceptors (Lipinski definition) is 4. The van der Waals surface area contributed by atoms with Crippen molar-refractivity contribution in [1.82, 2.24) is 0 Å². The molecular weight excluding hydrogens is 208 g/mol. The lowest BCUT2D eigenvalue weighted by molar-refractivity contribution is -0.384. The van der Waals surface area contributed by atoms with Crippen LogP contribution in [0.25, 0.3) is 0 Å². The number of benzene rings is 1. The number of halogens is 1. The van der Waals surface area contributed by atoms with E-state index >= 15 is 0 Å². The molecule has 0 unspecified atom stereocenters. The minimum absolute atomic E-state index is 0.101. The molecule has 0 spiro atoms. The summed E-state index contributed by atoms with van der Waals surface area (Å²) >= 11 is 5.61. The first-order valence-electron chi connectivity index (χ1n) is 3.65. The second-order valence-electron chi connectivity index (χ2n) is 2.39. The van der Waals surface area contributed by atoms with Gasteiger partial charge in [-0.3, -0.25) is 10.1 Å². The Kier molecular flexibility index (Phi) is 3.41. The number of nitro benzene ring substituents is 1. The molecule has 0 radical (unpaired) electrons. The zero-order valence-corrected chi connectivity index (χ0v) is 8.06. The molecule has 74 valence electrons. The monoisotopic (exact) mass is 214 g/mol. The normalized spacial score (nSPS) is 10.4. The van der Waals surface area contributed by atoms with Crippen LogP contribution in [0.15, 0.2) is 23.4 Å². The van der Waals surface area contributed by atoms with E-state index in [0.29, 0.717) is 5.56 Å². The van der Waals surface area contributed by atoms with Crippen LogP contribution in [0.5, 0.6) is 0 Å². The van der Waals surface area contributed by atoms with Gasteiger partial charge in [0.1, 0.15) is 12.1 Å². The Hall–Kier alpha value is -1.62. The summed E-state index contributed by atoms with van der Waals surface area (Å²) in [6.07, 6.45) is 1.36. The fourth-order valence-electron chi connectivity index (χ4n) is 0.863. The van der Waals surface area contributed by atoms with E-state index in [1.165, 1.54) is 25.5 Å². The van der Waals surface area contributed by atoms with E-state index < -0.39 is 4.92 Å². The third-order valence-corrected chi connectivity index (χ3v) is 1.79. The second-order valence-corrected chi connectivity index (χ2v) is 2.79. The lowest BCUT2D eigenvalue weighted by Gasteiger charge is -1.96. The highest BCUT2D eigenvalue weighted by Crippen LogP contribution is 2.24. The number of nitrogens with zero attached hydrogens (tertiary/aromatic N) is 2. The molecule has 0 heterocycles. The minimum atomic E-state index is -0.549. The largest absolute Gasteiger partial charge is 0.399 e. The predicted molar refractivity (Wildman–Crippen MR) is 52.7 cm³/mol. The van der Waals surface area contributed by atoms with Gasteiger partial charge in [0.25, 0.3) is 5.69 Å². The Bertz CT molecular complexity index is 379. The van der Waals surface area contributed by atoms with Crippen LogP contribution >= 0.6 is 11.6 Å². The van der Waals surface area contributed by atoms with Crippen LogP contribution in [-0.2, 0) is 4.84 Å². The molecule has 0 fully saturated rings. The average molecular weight is 215 g/mol. The highest BCUT2D eigenvalue weighted by molar-refractivity contribution is 6.32. The molecule has 6 heteroatoms. The SMILES string of the molecule is CO/N=C\c1ccc(Cl)c([N+](=O)[O-])c1. The Morgan fingerprint density at radius 1 is 1.64 bits per heavy atom. The summed E-state index contributed by atoms with van der Waals surface area (Å²) in [5.74, 6) is 0. The van der Waals surface area contributed by atoms with Crippen LogP contribution in [0.3, 0.4) is 0 Å². The van der Waals surface area contributed by atoms with Crippen molar-refractivity contribution < 1.29 is 9.76 Å².